The van der Waals surface area contributed by atoms with Gasteiger partial charge in [-0.05, 0) is 12.7 Å². The molecule has 1 N–H and O–H groups in total. The predicted molar refractivity (Wildman–Crippen MR) is 52.9 cm³/mol. The predicted octanol–water partition coefficient (Wildman–Crippen LogP) is 0.671. The maximum atomic E-state index is 11.3. The van der Waals surface area contributed by atoms with Crippen molar-refractivity contribution in [3.05, 3.63) is 0 Å². The van der Waals surface area contributed by atoms with Crippen LogP contribution in [0.25, 0.3) is 0 Å². The van der Waals surface area contributed by atoms with Crippen molar-refractivity contribution in [3.63, 3.8) is 0 Å². The van der Waals surface area contributed by atoms with E-state index >= 15 is 0 Å². The lowest BCUT2D eigenvalue weighted by molar-refractivity contribution is -0.148. The molecular formula is C8H15NO3S. The lowest BCUT2D eigenvalue weighted by Gasteiger charge is -2.23. The lowest BCUT2D eigenvalue weighted by Crippen LogP contribution is -2.42. The minimum atomic E-state index is -0.945. The molecule has 76 valence electrons. The minimum absolute atomic E-state index is 0.137. The average molecular weight is 205 g/mol. The van der Waals surface area contributed by atoms with Crippen LogP contribution in [0.3, 0.4) is 0 Å². The highest BCUT2D eigenvalue weighted by atomic mass is 32.2. The van der Waals surface area contributed by atoms with Crippen LogP contribution >= 0.6 is 11.8 Å². The molecule has 0 aromatic rings. The Hall–Kier alpha value is -0.710. The van der Waals surface area contributed by atoms with Gasteiger partial charge in [-0.1, -0.05) is 6.92 Å². The molecule has 0 rings (SSSR count). The van der Waals surface area contributed by atoms with Crippen LogP contribution in [0.1, 0.15) is 13.3 Å². The molecule has 0 aromatic heterocycles. The van der Waals surface area contributed by atoms with E-state index in [1.54, 1.807) is 6.92 Å². The van der Waals surface area contributed by atoms with Gasteiger partial charge in [-0.25, -0.2) is 4.79 Å². The van der Waals surface area contributed by atoms with Crippen molar-refractivity contribution in [1.82, 2.24) is 4.90 Å². The van der Waals surface area contributed by atoms with Gasteiger partial charge < -0.3 is 10.0 Å². The second-order valence-electron chi connectivity index (χ2n) is 2.70. The van der Waals surface area contributed by atoms with Gasteiger partial charge in [0.25, 0.3) is 0 Å². The summed E-state index contributed by atoms with van der Waals surface area (Å²) >= 11 is 1.39. The molecule has 13 heavy (non-hydrogen) atoms. The van der Waals surface area contributed by atoms with Crippen molar-refractivity contribution in [2.45, 2.75) is 19.4 Å². The van der Waals surface area contributed by atoms with Gasteiger partial charge in [0.15, 0.2) is 0 Å². The van der Waals surface area contributed by atoms with E-state index in [4.69, 9.17) is 5.11 Å². The summed E-state index contributed by atoms with van der Waals surface area (Å²) in [5, 5.41) is 8.76. The van der Waals surface area contributed by atoms with E-state index in [0.717, 1.165) is 0 Å². The number of carboxylic acid groups (broad SMARTS) is 1. The fourth-order valence-corrected chi connectivity index (χ4v) is 1.46. The van der Waals surface area contributed by atoms with Crippen LogP contribution < -0.4 is 0 Å². The third-order valence-corrected chi connectivity index (χ3v) is 2.34. The van der Waals surface area contributed by atoms with Crippen LogP contribution in [0.4, 0.5) is 0 Å². The molecule has 0 aliphatic carbocycles. The molecule has 0 saturated carbocycles. The molecule has 0 radical (unpaired) electrons. The molecule has 0 saturated heterocycles. The van der Waals surface area contributed by atoms with Gasteiger partial charge in [-0.15, -0.1) is 0 Å². The molecule has 4 nitrogen and oxygen atoms in total. The number of rotatable bonds is 5. The Bertz CT molecular complexity index is 196. The van der Waals surface area contributed by atoms with E-state index in [2.05, 4.69) is 0 Å². The Morgan fingerprint density at radius 1 is 1.54 bits per heavy atom. The Kier molecular flexibility index (Phi) is 5.53. The topological polar surface area (TPSA) is 57.6 Å². The van der Waals surface area contributed by atoms with Crippen LogP contribution in [-0.4, -0.2) is 47.0 Å². The number of carbonyl (C=O) groups excluding carboxylic acids is 1. The molecule has 0 aliphatic rings. The number of nitrogens with zero attached hydrogens (tertiary/aromatic N) is 1. The first kappa shape index (κ1) is 12.3. The van der Waals surface area contributed by atoms with Crippen molar-refractivity contribution in [1.29, 1.82) is 0 Å². The molecule has 0 fully saturated rings. The summed E-state index contributed by atoms with van der Waals surface area (Å²) in [6, 6.07) is -0.695. The van der Waals surface area contributed by atoms with E-state index in [9.17, 15) is 9.59 Å². The third-order valence-electron chi connectivity index (χ3n) is 1.80. The molecule has 0 spiro atoms. The minimum Gasteiger partial charge on any atom is -0.480 e. The first-order chi connectivity index (χ1) is 6.04. The molecule has 0 heterocycles. The zero-order chi connectivity index (χ0) is 10.4. The molecule has 0 aliphatic heterocycles. The summed E-state index contributed by atoms with van der Waals surface area (Å²) in [6.07, 6.45) is 2.25. The Balaban J connectivity index is 4.27. The first-order valence-corrected chi connectivity index (χ1v) is 5.41. The quantitative estimate of drug-likeness (QED) is 0.716. The SMILES string of the molecule is CCC(C(=O)O)N(C)C(=O)CSC. The van der Waals surface area contributed by atoms with Gasteiger partial charge in [0.2, 0.25) is 5.91 Å². The van der Waals surface area contributed by atoms with Crippen LogP contribution in [0, 0.1) is 0 Å². The maximum absolute atomic E-state index is 11.3. The van der Waals surface area contributed by atoms with E-state index in [0.29, 0.717) is 12.2 Å². The first-order valence-electron chi connectivity index (χ1n) is 4.02. The average Bonchev–Trinajstić information content (AvgIpc) is 2.05. The van der Waals surface area contributed by atoms with E-state index < -0.39 is 12.0 Å². The smallest absolute Gasteiger partial charge is 0.326 e. The Labute approximate surface area is 82.3 Å². The highest BCUT2D eigenvalue weighted by Crippen LogP contribution is 2.04. The second-order valence-corrected chi connectivity index (χ2v) is 3.57. The fraction of sp³-hybridized carbons (Fsp3) is 0.750. The van der Waals surface area contributed by atoms with Gasteiger partial charge in [0.1, 0.15) is 6.04 Å². The summed E-state index contributed by atoms with van der Waals surface area (Å²) in [7, 11) is 1.53. The number of aliphatic carboxylic acids is 1. The number of carboxylic acids is 1. The van der Waals surface area contributed by atoms with Gasteiger partial charge in [-0.2, -0.15) is 11.8 Å². The normalized spacial score (nSPS) is 12.2. The van der Waals surface area contributed by atoms with Gasteiger partial charge >= 0.3 is 5.97 Å². The summed E-state index contributed by atoms with van der Waals surface area (Å²) in [4.78, 5) is 23.3. The van der Waals surface area contributed by atoms with E-state index in [1.165, 1.54) is 23.7 Å². The van der Waals surface area contributed by atoms with Crippen molar-refractivity contribution >= 4 is 23.6 Å². The van der Waals surface area contributed by atoms with Crippen molar-refractivity contribution in [2.24, 2.45) is 0 Å². The molecule has 0 aromatic carbocycles. The molecular weight excluding hydrogens is 190 g/mol. The van der Waals surface area contributed by atoms with Crippen LogP contribution in [0.5, 0.6) is 0 Å². The Morgan fingerprint density at radius 2 is 2.08 bits per heavy atom. The Morgan fingerprint density at radius 3 is 2.38 bits per heavy atom. The van der Waals surface area contributed by atoms with Crippen molar-refractivity contribution in [2.75, 3.05) is 19.1 Å². The standard InChI is InChI=1S/C8H15NO3S/c1-4-6(8(11)12)9(2)7(10)5-13-3/h6H,4-5H2,1-3H3,(H,11,12). The number of carbonyl (C=O) groups is 2. The highest BCUT2D eigenvalue weighted by Gasteiger charge is 2.23. The zero-order valence-electron chi connectivity index (χ0n) is 8.11. The van der Waals surface area contributed by atoms with Crippen LogP contribution in [0.2, 0.25) is 0 Å². The summed E-state index contributed by atoms with van der Waals surface area (Å²) in [5.41, 5.74) is 0. The number of hydrogen-bond acceptors (Lipinski definition) is 3. The zero-order valence-corrected chi connectivity index (χ0v) is 8.93. The number of thioether (sulfide) groups is 1. The number of amides is 1. The summed E-state index contributed by atoms with van der Waals surface area (Å²) in [6.45, 7) is 1.75. The molecule has 1 unspecified atom stereocenters. The van der Waals surface area contributed by atoms with Crippen LogP contribution in [-0.2, 0) is 9.59 Å². The van der Waals surface area contributed by atoms with Crippen molar-refractivity contribution < 1.29 is 14.7 Å². The van der Waals surface area contributed by atoms with Crippen LogP contribution in [0.15, 0.2) is 0 Å². The number of likely N-dealkylation sites (N-methyl/N-ethyl adjacent to an activating group) is 1. The maximum Gasteiger partial charge on any atom is 0.326 e. The summed E-state index contributed by atoms with van der Waals surface area (Å²) in [5.74, 6) is -0.749. The van der Waals surface area contributed by atoms with Crippen molar-refractivity contribution in [3.8, 4) is 0 Å². The van der Waals surface area contributed by atoms with Gasteiger partial charge in [0.05, 0.1) is 5.75 Å². The molecule has 1 atom stereocenters. The monoisotopic (exact) mass is 205 g/mol. The third kappa shape index (κ3) is 3.67. The fourth-order valence-electron chi connectivity index (χ4n) is 1.01. The second kappa shape index (κ2) is 5.85. The van der Waals surface area contributed by atoms with Gasteiger partial charge in [-0.3, -0.25) is 4.79 Å². The molecule has 0 bridgehead atoms. The largest absolute Gasteiger partial charge is 0.480 e. The van der Waals surface area contributed by atoms with Gasteiger partial charge in [0, 0.05) is 7.05 Å². The van der Waals surface area contributed by atoms with E-state index in [-0.39, 0.29) is 5.91 Å². The molecule has 5 heteroatoms. The summed E-state index contributed by atoms with van der Waals surface area (Å²) < 4.78 is 0. The van der Waals surface area contributed by atoms with E-state index in [1.807, 2.05) is 6.26 Å². The lowest BCUT2D eigenvalue weighted by atomic mass is 10.2. The molecule has 1 amide bonds. The number of hydrogen-bond donors (Lipinski definition) is 1. The highest BCUT2D eigenvalue weighted by molar-refractivity contribution is 7.99.